The first-order valence-electron chi connectivity index (χ1n) is 7.33. The Morgan fingerprint density at radius 1 is 1.26 bits per heavy atom. The Balaban J connectivity index is 2.13. The van der Waals surface area contributed by atoms with Crippen molar-refractivity contribution in [1.29, 1.82) is 0 Å². The van der Waals surface area contributed by atoms with Gasteiger partial charge >= 0.3 is 5.97 Å². The highest BCUT2D eigenvalue weighted by Gasteiger charge is 2.31. The number of benzene rings is 2. The SMILES string of the molecule is COC(=O)CN1C(C)=Nc2ccc(Cl)cc2[C@H]1c1ccccc1. The van der Waals surface area contributed by atoms with Crippen LogP contribution in [0.15, 0.2) is 53.5 Å². The number of methoxy groups -OCH3 is 1. The first-order valence-corrected chi connectivity index (χ1v) is 7.71. The van der Waals surface area contributed by atoms with Crippen molar-refractivity contribution in [3.8, 4) is 0 Å². The van der Waals surface area contributed by atoms with Crippen LogP contribution in [0.25, 0.3) is 0 Å². The Bertz CT molecular complexity index is 759. The number of hydrogen-bond donors (Lipinski definition) is 0. The van der Waals surface area contributed by atoms with Gasteiger partial charge in [-0.15, -0.1) is 0 Å². The van der Waals surface area contributed by atoms with E-state index in [1.807, 2.05) is 60.4 Å². The summed E-state index contributed by atoms with van der Waals surface area (Å²) in [5.41, 5.74) is 2.94. The van der Waals surface area contributed by atoms with Gasteiger partial charge in [0.2, 0.25) is 0 Å². The fraction of sp³-hybridized carbons (Fsp3) is 0.222. The molecular formula is C18H17ClN2O2. The molecule has 0 saturated carbocycles. The number of hydrogen-bond acceptors (Lipinski definition) is 4. The summed E-state index contributed by atoms with van der Waals surface area (Å²) < 4.78 is 4.84. The summed E-state index contributed by atoms with van der Waals surface area (Å²) in [4.78, 5) is 18.4. The molecule has 4 nitrogen and oxygen atoms in total. The lowest BCUT2D eigenvalue weighted by atomic mass is 9.94. The summed E-state index contributed by atoms with van der Waals surface area (Å²) in [5.74, 6) is 0.477. The quantitative estimate of drug-likeness (QED) is 0.801. The summed E-state index contributed by atoms with van der Waals surface area (Å²) in [5, 5.41) is 0.650. The van der Waals surface area contributed by atoms with Gasteiger partial charge in [-0.1, -0.05) is 41.9 Å². The van der Waals surface area contributed by atoms with E-state index in [2.05, 4.69) is 4.99 Å². The summed E-state index contributed by atoms with van der Waals surface area (Å²) in [6.07, 6.45) is 0. The molecule has 0 N–H and O–H groups in total. The zero-order valence-corrected chi connectivity index (χ0v) is 13.7. The van der Waals surface area contributed by atoms with Crippen molar-refractivity contribution >= 4 is 29.1 Å². The van der Waals surface area contributed by atoms with E-state index in [1.54, 1.807) is 0 Å². The first kappa shape index (κ1) is 15.6. The van der Waals surface area contributed by atoms with Crippen LogP contribution in [0.5, 0.6) is 0 Å². The molecule has 0 amide bonds. The zero-order valence-electron chi connectivity index (χ0n) is 13.0. The Morgan fingerprint density at radius 2 is 2.00 bits per heavy atom. The molecule has 3 rings (SSSR count). The maximum absolute atomic E-state index is 11.8. The number of rotatable bonds is 3. The summed E-state index contributed by atoms with van der Waals surface area (Å²) in [7, 11) is 1.39. The van der Waals surface area contributed by atoms with Crippen LogP contribution in [-0.4, -0.2) is 30.4 Å². The first-order chi connectivity index (χ1) is 11.1. The summed E-state index contributed by atoms with van der Waals surface area (Å²) in [6.45, 7) is 2.04. The fourth-order valence-corrected chi connectivity index (χ4v) is 3.02. The number of carbonyl (C=O) groups is 1. The Labute approximate surface area is 140 Å². The second-order valence-electron chi connectivity index (χ2n) is 5.38. The van der Waals surface area contributed by atoms with Crippen LogP contribution in [0.4, 0.5) is 5.69 Å². The topological polar surface area (TPSA) is 41.9 Å². The number of aliphatic imine (C=N–C) groups is 1. The average Bonchev–Trinajstić information content (AvgIpc) is 2.56. The molecule has 1 atom stereocenters. The van der Waals surface area contributed by atoms with Crippen LogP contribution in [0.2, 0.25) is 5.02 Å². The molecule has 0 saturated heterocycles. The molecule has 0 aliphatic carbocycles. The van der Waals surface area contributed by atoms with E-state index in [-0.39, 0.29) is 18.6 Å². The largest absolute Gasteiger partial charge is 0.468 e. The molecule has 1 aliphatic rings. The van der Waals surface area contributed by atoms with E-state index in [9.17, 15) is 4.79 Å². The molecule has 0 unspecified atom stereocenters. The number of amidine groups is 1. The molecule has 1 aliphatic heterocycles. The van der Waals surface area contributed by atoms with Crippen LogP contribution < -0.4 is 0 Å². The Hall–Kier alpha value is -2.33. The van der Waals surface area contributed by atoms with E-state index in [4.69, 9.17) is 16.3 Å². The number of esters is 1. The second-order valence-corrected chi connectivity index (χ2v) is 5.82. The van der Waals surface area contributed by atoms with Crippen molar-refractivity contribution in [2.24, 2.45) is 4.99 Å². The van der Waals surface area contributed by atoms with Gasteiger partial charge in [0.1, 0.15) is 12.4 Å². The van der Waals surface area contributed by atoms with E-state index >= 15 is 0 Å². The molecule has 0 spiro atoms. The third-order valence-corrected chi connectivity index (χ3v) is 4.17. The zero-order chi connectivity index (χ0) is 16.4. The third-order valence-electron chi connectivity index (χ3n) is 3.94. The van der Waals surface area contributed by atoms with E-state index in [1.165, 1.54) is 7.11 Å². The predicted molar refractivity (Wildman–Crippen MR) is 91.2 cm³/mol. The molecule has 118 valence electrons. The smallest absolute Gasteiger partial charge is 0.325 e. The van der Waals surface area contributed by atoms with Crippen molar-refractivity contribution in [3.63, 3.8) is 0 Å². The molecular weight excluding hydrogens is 312 g/mol. The number of ether oxygens (including phenoxy) is 1. The molecule has 0 aromatic heterocycles. The van der Waals surface area contributed by atoms with E-state index < -0.39 is 0 Å². The highest BCUT2D eigenvalue weighted by molar-refractivity contribution is 6.30. The van der Waals surface area contributed by atoms with Crippen LogP contribution in [0.3, 0.4) is 0 Å². The fourth-order valence-electron chi connectivity index (χ4n) is 2.84. The van der Waals surface area contributed by atoms with Crippen molar-refractivity contribution < 1.29 is 9.53 Å². The standard InChI is InChI=1S/C18H17ClN2O2/c1-12-20-16-9-8-14(19)10-15(16)18(13-6-4-3-5-7-13)21(12)11-17(22)23-2/h3-10,18H,11H2,1-2H3/t18-/m1/s1. The minimum Gasteiger partial charge on any atom is -0.468 e. The minimum absolute atomic E-state index is 0.124. The van der Waals surface area contributed by atoms with Crippen LogP contribution in [0.1, 0.15) is 24.1 Å². The summed E-state index contributed by atoms with van der Waals surface area (Å²) in [6, 6.07) is 15.5. The van der Waals surface area contributed by atoms with Crippen molar-refractivity contribution in [3.05, 3.63) is 64.7 Å². The highest BCUT2D eigenvalue weighted by atomic mass is 35.5. The lowest BCUT2D eigenvalue weighted by Crippen LogP contribution is -2.40. The molecule has 2 aromatic carbocycles. The maximum Gasteiger partial charge on any atom is 0.325 e. The molecule has 1 heterocycles. The third kappa shape index (κ3) is 3.08. The maximum atomic E-state index is 11.8. The number of halogens is 1. The Kier molecular flexibility index (Phi) is 4.35. The van der Waals surface area contributed by atoms with Crippen molar-refractivity contribution in [2.45, 2.75) is 13.0 Å². The van der Waals surface area contributed by atoms with Gasteiger partial charge in [0.05, 0.1) is 18.8 Å². The normalized spacial score (nSPS) is 16.6. The molecule has 2 aromatic rings. The molecule has 0 fully saturated rings. The lowest BCUT2D eigenvalue weighted by molar-refractivity contribution is -0.141. The second kappa shape index (κ2) is 6.42. The average molecular weight is 329 g/mol. The number of fused-ring (bicyclic) bond motifs is 1. The van der Waals surface area contributed by atoms with Crippen molar-refractivity contribution in [2.75, 3.05) is 13.7 Å². The van der Waals surface area contributed by atoms with Crippen LogP contribution in [0, 0.1) is 0 Å². The van der Waals surface area contributed by atoms with E-state index in [0.29, 0.717) is 5.02 Å². The van der Waals surface area contributed by atoms with Gasteiger partial charge in [0.15, 0.2) is 0 Å². The lowest BCUT2D eigenvalue weighted by Gasteiger charge is -2.37. The van der Waals surface area contributed by atoms with Crippen LogP contribution >= 0.6 is 11.6 Å². The molecule has 5 heteroatoms. The number of nitrogens with zero attached hydrogens (tertiary/aromatic N) is 2. The van der Waals surface area contributed by atoms with Gasteiger partial charge in [0, 0.05) is 10.6 Å². The number of carbonyl (C=O) groups excluding carboxylic acids is 1. The van der Waals surface area contributed by atoms with Crippen LogP contribution in [-0.2, 0) is 9.53 Å². The van der Waals surface area contributed by atoms with E-state index in [0.717, 1.165) is 22.6 Å². The van der Waals surface area contributed by atoms with Gasteiger partial charge < -0.3 is 9.64 Å². The summed E-state index contributed by atoms with van der Waals surface area (Å²) >= 11 is 6.19. The predicted octanol–water partition coefficient (Wildman–Crippen LogP) is 3.97. The minimum atomic E-state index is -0.300. The molecule has 0 radical (unpaired) electrons. The van der Waals surface area contributed by atoms with Gasteiger partial charge in [-0.3, -0.25) is 4.79 Å². The monoisotopic (exact) mass is 328 g/mol. The molecule has 23 heavy (non-hydrogen) atoms. The Morgan fingerprint density at radius 3 is 2.70 bits per heavy atom. The van der Waals surface area contributed by atoms with Gasteiger partial charge in [-0.05, 0) is 30.7 Å². The van der Waals surface area contributed by atoms with Gasteiger partial charge in [-0.2, -0.15) is 0 Å². The van der Waals surface area contributed by atoms with Gasteiger partial charge in [-0.25, -0.2) is 4.99 Å². The highest BCUT2D eigenvalue weighted by Crippen LogP contribution is 2.40. The van der Waals surface area contributed by atoms with Crippen molar-refractivity contribution in [1.82, 2.24) is 4.90 Å². The van der Waals surface area contributed by atoms with Gasteiger partial charge in [0.25, 0.3) is 0 Å². The molecule has 0 bridgehead atoms.